The fourth-order valence-electron chi connectivity index (χ4n) is 6.43. The molecule has 0 saturated heterocycles. The van der Waals surface area contributed by atoms with E-state index in [-0.39, 0.29) is 47.3 Å². The fraction of sp³-hybridized carbons (Fsp3) is 0.600. The number of nitrogens with zero attached hydrogens (tertiary/aromatic N) is 1. The summed E-state index contributed by atoms with van der Waals surface area (Å²) in [5.74, 6) is 0.173. The Morgan fingerprint density at radius 3 is 2.56 bits per heavy atom. The average molecular weight is 494 g/mol. The smallest absolute Gasteiger partial charge is 0.302 e. The summed E-state index contributed by atoms with van der Waals surface area (Å²) in [6.07, 6.45) is 6.89. The van der Waals surface area contributed by atoms with Crippen LogP contribution < -0.4 is 10.2 Å². The molecule has 6 nitrogen and oxygen atoms in total. The predicted molar refractivity (Wildman–Crippen MR) is 147 cm³/mol. The molecule has 1 amide bonds. The average Bonchev–Trinajstić information content (AvgIpc) is 3.23. The van der Waals surface area contributed by atoms with Crippen molar-refractivity contribution in [2.45, 2.75) is 90.6 Å². The van der Waals surface area contributed by atoms with Crippen molar-refractivity contribution in [3.8, 4) is 0 Å². The normalized spacial score (nSPS) is 28.4. The molecule has 0 saturated carbocycles. The molecule has 1 aliphatic carbocycles. The van der Waals surface area contributed by atoms with Crippen molar-refractivity contribution in [3.05, 3.63) is 41.6 Å². The molecule has 36 heavy (non-hydrogen) atoms. The predicted octanol–water partition coefficient (Wildman–Crippen LogP) is 5.38. The van der Waals surface area contributed by atoms with Crippen LogP contribution in [-0.2, 0) is 31.6 Å². The number of carbonyl (C=O) groups is 2. The number of ether oxygens (including phenoxy) is 1. The van der Waals surface area contributed by atoms with Gasteiger partial charge in [0.1, 0.15) is 12.6 Å². The van der Waals surface area contributed by atoms with Gasteiger partial charge in [0, 0.05) is 36.7 Å². The van der Waals surface area contributed by atoms with E-state index in [1.807, 2.05) is 7.05 Å². The van der Waals surface area contributed by atoms with Gasteiger partial charge in [0.05, 0.1) is 11.6 Å². The Bertz CT molecular complexity index is 1200. The van der Waals surface area contributed by atoms with Gasteiger partial charge in [0.15, 0.2) is 0 Å². The lowest BCUT2D eigenvalue weighted by molar-refractivity contribution is -0.142. The van der Waals surface area contributed by atoms with Gasteiger partial charge >= 0.3 is 5.97 Å². The Balaban J connectivity index is 2.04. The van der Waals surface area contributed by atoms with Crippen LogP contribution in [0.5, 0.6) is 0 Å². The lowest BCUT2D eigenvalue weighted by Crippen LogP contribution is -2.52. The number of esters is 1. The second kappa shape index (κ2) is 9.28. The molecule has 1 aromatic heterocycles. The van der Waals surface area contributed by atoms with E-state index >= 15 is 0 Å². The largest absolute Gasteiger partial charge is 0.464 e. The van der Waals surface area contributed by atoms with E-state index in [2.05, 4.69) is 81.7 Å². The Morgan fingerprint density at radius 1 is 1.28 bits per heavy atom. The molecule has 2 aliphatic rings. The van der Waals surface area contributed by atoms with E-state index in [1.54, 1.807) is 0 Å². The number of aromatic amines is 1. The number of hydrogen-bond acceptors (Lipinski definition) is 4. The number of anilines is 1. The quantitative estimate of drug-likeness (QED) is 0.433. The first-order chi connectivity index (χ1) is 16.8. The highest BCUT2D eigenvalue weighted by atomic mass is 16.5. The van der Waals surface area contributed by atoms with Crippen molar-refractivity contribution in [1.82, 2.24) is 10.3 Å². The highest BCUT2D eigenvalue weighted by Gasteiger charge is 2.45. The first-order valence-electron chi connectivity index (χ1n) is 13.3. The van der Waals surface area contributed by atoms with Crippen LogP contribution in [0.4, 0.5) is 5.69 Å². The number of hydrogen-bond donors (Lipinski definition) is 2. The van der Waals surface area contributed by atoms with Gasteiger partial charge in [-0.3, -0.25) is 9.59 Å². The number of rotatable bonds is 5. The number of fused-ring (bicyclic) bond motifs is 2. The standard InChI is InChI=1S/C30H43N3O3/c1-10-29(7)11-12-30(8,18(4)5)22-14-23-24-20(15-31-26(24)25(22)29)13-21(16-36-19(6)34)32-28(35)27(17(2)3)33(23)9/h10,14-15,17-18,21,27,31H,1,11-13,16H2,2-9H3,(H,32,35)/t21-,27-,29+,30-/m0/s1. The molecule has 1 aliphatic heterocycles. The molecular weight excluding hydrogens is 450 g/mol. The van der Waals surface area contributed by atoms with Gasteiger partial charge in [0.25, 0.3) is 0 Å². The summed E-state index contributed by atoms with van der Waals surface area (Å²) in [6, 6.07) is 1.71. The van der Waals surface area contributed by atoms with Gasteiger partial charge in [-0.05, 0) is 59.3 Å². The van der Waals surface area contributed by atoms with Crippen molar-refractivity contribution in [1.29, 1.82) is 0 Å². The maximum Gasteiger partial charge on any atom is 0.302 e. The van der Waals surface area contributed by atoms with E-state index in [9.17, 15) is 9.59 Å². The van der Waals surface area contributed by atoms with Gasteiger partial charge in [0.2, 0.25) is 5.91 Å². The minimum Gasteiger partial charge on any atom is -0.464 e. The highest BCUT2D eigenvalue weighted by Crippen LogP contribution is 2.54. The van der Waals surface area contributed by atoms with Crippen molar-refractivity contribution < 1.29 is 14.3 Å². The molecule has 2 N–H and O–H groups in total. The van der Waals surface area contributed by atoms with Gasteiger partial charge in [-0.2, -0.15) is 0 Å². The summed E-state index contributed by atoms with van der Waals surface area (Å²) in [6.45, 7) is 19.3. The third kappa shape index (κ3) is 4.12. The molecule has 1 aromatic carbocycles. The first-order valence-corrected chi connectivity index (χ1v) is 13.3. The number of nitrogens with one attached hydrogen (secondary N) is 2. The zero-order chi connectivity index (χ0) is 26.6. The van der Waals surface area contributed by atoms with Crippen molar-refractivity contribution in [3.63, 3.8) is 0 Å². The maximum absolute atomic E-state index is 13.6. The Labute approximate surface area is 215 Å². The third-order valence-electron chi connectivity index (χ3n) is 9.09. The maximum atomic E-state index is 13.6. The van der Waals surface area contributed by atoms with Crippen LogP contribution in [0.2, 0.25) is 0 Å². The van der Waals surface area contributed by atoms with Crippen LogP contribution in [-0.4, -0.2) is 42.6 Å². The minimum atomic E-state index is -0.355. The zero-order valence-corrected chi connectivity index (χ0v) is 23.2. The molecular formula is C30H43N3O3. The van der Waals surface area contributed by atoms with E-state index < -0.39 is 0 Å². The van der Waals surface area contributed by atoms with E-state index in [0.717, 1.165) is 35.0 Å². The van der Waals surface area contributed by atoms with Gasteiger partial charge in [-0.1, -0.05) is 47.6 Å². The topological polar surface area (TPSA) is 74.4 Å². The number of likely N-dealkylation sites (N-methyl/N-ethyl adjacent to an activating group) is 1. The monoisotopic (exact) mass is 493 g/mol. The zero-order valence-electron chi connectivity index (χ0n) is 23.2. The molecule has 6 heteroatoms. The summed E-state index contributed by atoms with van der Waals surface area (Å²) >= 11 is 0. The number of aromatic nitrogens is 1. The molecule has 4 rings (SSSR count). The molecule has 2 heterocycles. The summed E-state index contributed by atoms with van der Waals surface area (Å²) < 4.78 is 5.35. The second-order valence-electron chi connectivity index (χ2n) is 12.1. The van der Waals surface area contributed by atoms with Gasteiger partial charge < -0.3 is 19.9 Å². The molecule has 2 aromatic rings. The fourth-order valence-corrected chi connectivity index (χ4v) is 6.43. The van der Waals surface area contributed by atoms with Crippen LogP contribution in [0.1, 0.15) is 78.0 Å². The summed E-state index contributed by atoms with van der Waals surface area (Å²) in [5.41, 5.74) is 5.90. The molecule has 0 fully saturated rings. The summed E-state index contributed by atoms with van der Waals surface area (Å²) in [4.78, 5) is 31.0. The van der Waals surface area contributed by atoms with Crippen LogP contribution >= 0.6 is 0 Å². The third-order valence-corrected chi connectivity index (χ3v) is 9.09. The number of H-pyrrole nitrogens is 1. The van der Waals surface area contributed by atoms with Crippen molar-refractivity contribution in [2.24, 2.45) is 11.8 Å². The molecule has 0 bridgehead atoms. The van der Waals surface area contributed by atoms with Crippen molar-refractivity contribution in [2.75, 3.05) is 18.6 Å². The minimum absolute atomic E-state index is 0.0144. The Hall–Kier alpha value is -2.76. The van der Waals surface area contributed by atoms with E-state index in [1.165, 1.54) is 18.1 Å². The van der Waals surface area contributed by atoms with E-state index in [4.69, 9.17) is 4.74 Å². The van der Waals surface area contributed by atoms with Gasteiger partial charge in [-0.15, -0.1) is 6.58 Å². The van der Waals surface area contributed by atoms with Crippen LogP contribution in [0, 0.1) is 11.8 Å². The van der Waals surface area contributed by atoms with Crippen LogP contribution in [0.15, 0.2) is 24.9 Å². The number of allylic oxidation sites excluding steroid dienone is 1. The molecule has 196 valence electrons. The highest BCUT2D eigenvalue weighted by molar-refractivity contribution is 6.01. The SMILES string of the molecule is C=C[C@]1(C)CC[C@@](C)(C(C)C)c2cc3c4c(c[nH]c4c21)C[C@@H](COC(C)=O)NC(=O)[C@H](C(C)C)N3C. The molecule has 0 unspecified atom stereocenters. The van der Waals surface area contributed by atoms with Crippen LogP contribution in [0.3, 0.4) is 0 Å². The molecule has 0 radical (unpaired) electrons. The molecule has 4 atom stereocenters. The van der Waals surface area contributed by atoms with Crippen molar-refractivity contribution >= 4 is 28.5 Å². The van der Waals surface area contributed by atoms with Crippen LogP contribution in [0.25, 0.3) is 10.9 Å². The Kier molecular flexibility index (Phi) is 6.78. The number of benzene rings is 1. The summed E-state index contributed by atoms with van der Waals surface area (Å²) in [7, 11) is 2.04. The lowest BCUT2D eigenvalue weighted by atomic mass is 9.57. The number of carbonyl (C=O) groups excluding carboxylic acids is 2. The summed E-state index contributed by atoms with van der Waals surface area (Å²) in [5, 5.41) is 4.35. The Morgan fingerprint density at radius 2 is 1.97 bits per heavy atom. The second-order valence-corrected chi connectivity index (χ2v) is 12.1. The first kappa shape index (κ1) is 26.3. The molecule has 0 spiro atoms. The van der Waals surface area contributed by atoms with E-state index in [0.29, 0.717) is 12.3 Å². The number of amides is 1. The lowest BCUT2D eigenvalue weighted by Gasteiger charge is -2.47. The van der Waals surface area contributed by atoms with Gasteiger partial charge in [-0.25, -0.2) is 0 Å².